The number of halogens is 1. The van der Waals surface area contributed by atoms with Crippen LogP contribution in [0.25, 0.3) is 0 Å². The minimum absolute atomic E-state index is 0.222. The average molecular weight is 298 g/mol. The van der Waals surface area contributed by atoms with Crippen molar-refractivity contribution in [3.8, 4) is 0 Å². The topological polar surface area (TPSA) is 49.4 Å². The third kappa shape index (κ3) is 2.83. The third-order valence-corrected chi connectivity index (χ3v) is 3.68. The van der Waals surface area contributed by atoms with E-state index >= 15 is 0 Å². The number of nitrogens with zero attached hydrogens (tertiary/aromatic N) is 1. The monoisotopic (exact) mass is 298 g/mol. The van der Waals surface area contributed by atoms with E-state index in [1.807, 2.05) is 30.3 Å². The number of hydrogen-bond donors (Lipinski definition) is 1. The van der Waals surface area contributed by atoms with Crippen molar-refractivity contribution in [3.05, 3.63) is 60.4 Å². The Balaban J connectivity index is 1.71. The molecule has 5 heteroatoms. The quantitative estimate of drug-likeness (QED) is 0.886. The fourth-order valence-electron chi connectivity index (χ4n) is 2.58. The number of nitrogens with one attached hydrogen (secondary N) is 1. The smallest absolute Gasteiger partial charge is 0.239 e. The number of benzene rings is 2. The zero-order valence-electron chi connectivity index (χ0n) is 11.8. The van der Waals surface area contributed by atoms with Crippen LogP contribution in [0.2, 0.25) is 0 Å². The van der Waals surface area contributed by atoms with E-state index in [1.54, 1.807) is 11.0 Å². The lowest BCUT2D eigenvalue weighted by Gasteiger charge is -2.16. The van der Waals surface area contributed by atoms with Gasteiger partial charge in [-0.1, -0.05) is 24.3 Å². The van der Waals surface area contributed by atoms with Crippen molar-refractivity contribution in [1.82, 2.24) is 0 Å². The number of amides is 2. The minimum atomic E-state index is -0.733. The summed E-state index contributed by atoms with van der Waals surface area (Å²) in [5, 5.41) is 2.60. The average Bonchev–Trinajstić information content (AvgIpc) is 2.90. The lowest BCUT2D eigenvalue weighted by Crippen LogP contribution is -2.33. The highest BCUT2D eigenvalue weighted by Gasteiger charge is 2.37. The molecule has 0 aliphatic carbocycles. The molecule has 1 fully saturated rings. The SMILES string of the molecule is O=C(Nc1cccc(F)c1)[C@H]1CCN(c2ccccc2)C1=O. The van der Waals surface area contributed by atoms with Crippen LogP contribution in [0.15, 0.2) is 54.6 Å². The first-order chi connectivity index (χ1) is 10.6. The van der Waals surface area contributed by atoms with Gasteiger partial charge in [0.15, 0.2) is 0 Å². The van der Waals surface area contributed by atoms with Gasteiger partial charge in [-0.3, -0.25) is 9.59 Å². The number of rotatable bonds is 3. The number of carbonyl (C=O) groups excluding carboxylic acids is 2. The Hall–Kier alpha value is -2.69. The molecule has 0 saturated carbocycles. The number of carbonyl (C=O) groups is 2. The summed E-state index contributed by atoms with van der Waals surface area (Å²) in [6.07, 6.45) is 0.453. The molecule has 0 radical (unpaired) electrons. The second-order valence-corrected chi connectivity index (χ2v) is 5.17. The second-order valence-electron chi connectivity index (χ2n) is 5.17. The summed E-state index contributed by atoms with van der Waals surface area (Å²) >= 11 is 0. The Bertz CT molecular complexity index is 703. The van der Waals surface area contributed by atoms with Gasteiger partial charge in [-0.25, -0.2) is 4.39 Å². The molecule has 1 N–H and O–H groups in total. The zero-order valence-corrected chi connectivity index (χ0v) is 11.8. The van der Waals surface area contributed by atoms with Crippen LogP contribution in [0.5, 0.6) is 0 Å². The Morgan fingerprint density at radius 3 is 2.64 bits per heavy atom. The molecular weight excluding hydrogens is 283 g/mol. The first-order valence-electron chi connectivity index (χ1n) is 7.08. The normalized spacial score (nSPS) is 17.6. The van der Waals surface area contributed by atoms with Gasteiger partial charge in [0, 0.05) is 17.9 Å². The fourth-order valence-corrected chi connectivity index (χ4v) is 2.58. The van der Waals surface area contributed by atoms with Crippen LogP contribution in [-0.2, 0) is 9.59 Å². The van der Waals surface area contributed by atoms with Gasteiger partial charge in [-0.15, -0.1) is 0 Å². The lowest BCUT2D eigenvalue weighted by molar-refractivity contribution is -0.129. The summed E-state index contributed by atoms with van der Waals surface area (Å²) in [5.74, 6) is -1.78. The highest BCUT2D eigenvalue weighted by Crippen LogP contribution is 2.26. The van der Waals surface area contributed by atoms with Crippen LogP contribution in [0.1, 0.15) is 6.42 Å². The summed E-state index contributed by atoms with van der Waals surface area (Å²) in [5.41, 5.74) is 1.14. The van der Waals surface area contributed by atoms with E-state index in [2.05, 4.69) is 5.32 Å². The number of anilines is 2. The van der Waals surface area contributed by atoms with E-state index < -0.39 is 17.6 Å². The Labute approximate surface area is 127 Å². The van der Waals surface area contributed by atoms with Crippen LogP contribution >= 0.6 is 0 Å². The molecule has 0 bridgehead atoms. The second kappa shape index (κ2) is 5.97. The van der Waals surface area contributed by atoms with Gasteiger partial charge in [-0.2, -0.15) is 0 Å². The molecule has 1 heterocycles. The standard InChI is InChI=1S/C17H15FN2O2/c18-12-5-4-6-13(11-12)19-16(21)15-9-10-20(17(15)22)14-7-2-1-3-8-14/h1-8,11,15H,9-10H2,(H,19,21)/t15-/m1/s1. The van der Waals surface area contributed by atoms with Gasteiger partial charge in [0.05, 0.1) is 0 Å². The van der Waals surface area contributed by atoms with Crippen LogP contribution in [-0.4, -0.2) is 18.4 Å². The predicted molar refractivity (Wildman–Crippen MR) is 81.9 cm³/mol. The maximum absolute atomic E-state index is 13.1. The predicted octanol–water partition coefficient (Wildman–Crippen LogP) is 2.82. The van der Waals surface area contributed by atoms with Gasteiger partial charge in [0.25, 0.3) is 0 Å². The molecule has 4 nitrogen and oxygen atoms in total. The van der Waals surface area contributed by atoms with Crippen molar-refractivity contribution < 1.29 is 14.0 Å². The van der Waals surface area contributed by atoms with Crippen molar-refractivity contribution >= 4 is 23.2 Å². The zero-order chi connectivity index (χ0) is 15.5. The van der Waals surface area contributed by atoms with Gasteiger partial charge >= 0.3 is 0 Å². The van der Waals surface area contributed by atoms with Gasteiger partial charge in [-0.05, 0) is 36.8 Å². The highest BCUT2D eigenvalue weighted by atomic mass is 19.1. The molecule has 0 spiro atoms. The van der Waals surface area contributed by atoms with E-state index in [0.717, 1.165) is 5.69 Å². The molecule has 2 aromatic carbocycles. The molecule has 0 unspecified atom stereocenters. The number of para-hydroxylation sites is 1. The summed E-state index contributed by atoms with van der Waals surface area (Å²) in [4.78, 5) is 26.2. The van der Waals surface area contributed by atoms with Crippen molar-refractivity contribution in [2.45, 2.75) is 6.42 Å². The lowest BCUT2D eigenvalue weighted by atomic mass is 10.1. The Kier molecular flexibility index (Phi) is 3.87. The molecule has 1 atom stereocenters. The first kappa shape index (κ1) is 14.3. The largest absolute Gasteiger partial charge is 0.325 e. The highest BCUT2D eigenvalue weighted by molar-refractivity contribution is 6.13. The Morgan fingerprint density at radius 2 is 1.91 bits per heavy atom. The summed E-state index contributed by atoms with van der Waals surface area (Å²) < 4.78 is 13.1. The van der Waals surface area contributed by atoms with Crippen molar-refractivity contribution in [2.24, 2.45) is 5.92 Å². The molecule has 0 aromatic heterocycles. The maximum atomic E-state index is 13.1. The van der Waals surface area contributed by atoms with Crippen LogP contribution in [0, 0.1) is 11.7 Å². The fraction of sp³-hybridized carbons (Fsp3) is 0.176. The van der Waals surface area contributed by atoms with Crippen molar-refractivity contribution in [1.29, 1.82) is 0 Å². The molecular formula is C17H15FN2O2. The minimum Gasteiger partial charge on any atom is -0.325 e. The van der Waals surface area contributed by atoms with E-state index in [4.69, 9.17) is 0 Å². The summed E-state index contributed by atoms with van der Waals surface area (Å²) in [6.45, 7) is 0.504. The van der Waals surface area contributed by atoms with E-state index in [-0.39, 0.29) is 5.91 Å². The molecule has 22 heavy (non-hydrogen) atoms. The molecule has 1 aliphatic rings. The van der Waals surface area contributed by atoms with E-state index in [9.17, 15) is 14.0 Å². The molecule has 3 rings (SSSR count). The first-order valence-corrected chi connectivity index (χ1v) is 7.08. The van der Waals surface area contributed by atoms with Gasteiger partial charge < -0.3 is 10.2 Å². The van der Waals surface area contributed by atoms with Gasteiger partial charge in [0.1, 0.15) is 11.7 Å². The molecule has 2 aromatic rings. The Morgan fingerprint density at radius 1 is 1.14 bits per heavy atom. The maximum Gasteiger partial charge on any atom is 0.239 e. The summed E-state index contributed by atoms with van der Waals surface area (Å²) in [7, 11) is 0. The van der Waals surface area contributed by atoms with Crippen molar-refractivity contribution in [2.75, 3.05) is 16.8 Å². The van der Waals surface area contributed by atoms with E-state index in [1.165, 1.54) is 18.2 Å². The molecule has 1 saturated heterocycles. The van der Waals surface area contributed by atoms with E-state index in [0.29, 0.717) is 18.7 Å². The van der Waals surface area contributed by atoms with Gasteiger partial charge in [0.2, 0.25) is 11.8 Å². The van der Waals surface area contributed by atoms with Crippen LogP contribution in [0.3, 0.4) is 0 Å². The van der Waals surface area contributed by atoms with Crippen LogP contribution in [0.4, 0.5) is 15.8 Å². The van der Waals surface area contributed by atoms with Crippen molar-refractivity contribution in [3.63, 3.8) is 0 Å². The molecule has 2 amide bonds. The number of hydrogen-bond acceptors (Lipinski definition) is 2. The summed E-state index contributed by atoms with van der Waals surface area (Å²) in [6, 6.07) is 14.9. The van der Waals surface area contributed by atoms with Crippen LogP contribution < -0.4 is 10.2 Å². The third-order valence-electron chi connectivity index (χ3n) is 3.68. The molecule has 1 aliphatic heterocycles. The molecule has 112 valence electrons.